The third-order valence-corrected chi connectivity index (χ3v) is 4.56. The molecule has 0 aliphatic rings. The van der Waals surface area contributed by atoms with Crippen molar-refractivity contribution in [1.29, 1.82) is 0 Å². The van der Waals surface area contributed by atoms with Crippen LogP contribution in [0.3, 0.4) is 0 Å². The quantitative estimate of drug-likeness (QED) is 0.453. The number of ether oxygens (including phenoxy) is 3. The molecule has 2 N–H and O–H groups in total. The van der Waals surface area contributed by atoms with Crippen LogP contribution in [0.1, 0.15) is 11.1 Å². The van der Waals surface area contributed by atoms with Crippen molar-refractivity contribution in [3.63, 3.8) is 0 Å². The van der Waals surface area contributed by atoms with E-state index < -0.39 is 24.4 Å². The number of carbonyl (C=O) groups excluding carboxylic acids is 3. The van der Waals surface area contributed by atoms with Crippen LogP contribution in [-0.4, -0.2) is 45.2 Å². The van der Waals surface area contributed by atoms with E-state index in [4.69, 9.17) is 25.8 Å². The molecule has 0 saturated carbocycles. The molecule has 0 bridgehead atoms. The summed E-state index contributed by atoms with van der Waals surface area (Å²) in [4.78, 5) is 35.6. The second-order valence-electron chi connectivity index (χ2n) is 6.29. The van der Waals surface area contributed by atoms with Gasteiger partial charge >= 0.3 is 5.97 Å². The molecular formula is C22H23ClN2O6. The fourth-order valence-electron chi connectivity index (χ4n) is 2.47. The molecule has 0 atom stereocenters. The molecule has 9 heteroatoms. The molecule has 2 amide bonds. The minimum absolute atomic E-state index is 0.274. The second-order valence-corrected chi connectivity index (χ2v) is 6.70. The Morgan fingerprint density at radius 2 is 1.77 bits per heavy atom. The van der Waals surface area contributed by atoms with Crippen LogP contribution < -0.4 is 20.1 Å². The monoisotopic (exact) mass is 446 g/mol. The van der Waals surface area contributed by atoms with Crippen LogP contribution in [0.5, 0.6) is 11.5 Å². The van der Waals surface area contributed by atoms with E-state index in [1.807, 2.05) is 0 Å². The summed E-state index contributed by atoms with van der Waals surface area (Å²) >= 11 is 6.00. The first-order chi connectivity index (χ1) is 14.8. The summed E-state index contributed by atoms with van der Waals surface area (Å²) in [6.07, 6.45) is 2.70. The van der Waals surface area contributed by atoms with Gasteiger partial charge in [-0.05, 0) is 48.4 Å². The average molecular weight is 447 g/mol. The Hall–Kier alpha value is -3.52. The van der Waals surface area contributed by atoms with E-state index in [0.717, 1.165) is 5.56 Å². The lowest BCUT2D eigenvalue weighted by molar-refractivity contribution is -0.143. The van der Waals surface area contributed by atoms with Crippen LogP contribution in [0, 0.1) is 6.92 Å². The molecule has 0 aliphatic carbocycles. The molecule has 0 spiro atoms. The molecule has 0 aromatic heterocycles. The van der Waals surface area contributed by atoms with Gasteiger partial charge in [-0.25, -0.2) is 4.79 Å². The maximum absolute atomic E-state index is 12.0. The topological polar surface area (TPSA) is 103 Å². The van der Waals surface area contributed by atoms with Crippen molar-refractivity contribution in [2.24, 2.45) is 0 Å². The van der Waals surface area contributed by atoms with Crippen LogP contribution in [-0.2, 0) is 19.1 Å². The Bertz CT molecular complexity index is 990. The van der Waals surface area contributed by atoms with Crippen LogP contribution >= 0.6 is 11.6 Å². The number of esters is 1. The van der Waals surface area contributed by atoms with Crippen molar-refractivity contribution in [3.05, 3.63) is 58.6 Å². The van der Waals surface area contributed by atoms with Gasteiger partial charge in [0.15, 0.2) is 18.1 Å². The standard InChI is InChI=1S/C22H23ClN2O6/c1-14-16(23)5-4-6-17(14)25-20(26)12-24-21(27)13-31-22(28)10-8-15-7-9-18(29-2)19(11-15)30-3/h4-11H,12-13H2,1-3H3,(H,24,27)(H,25,26)/b10-8+. The van der Waals surface area contributed by atoms with Gasteiger partial charge in [0.2, 0.25) is 5.91 Å². The molecule has 0 fully saturated rings. The normalized spacial score (nSPS) is 10.5. The Labute approximate surface area is 185 Å². The zero-order valence-corrected chi connectivity index (χ0v) is 18.1. The summed E-state index contributed by atoms with van der Waals surface area (Å²) in [5.74, 6) is -0.662. The Morgan fingerprint density at radius 3 is 2.48 bits per heavy atom. The van der Waals surface area contributed by atoms with Crippen molar-refractivity contribution in [3.8, 4) is 11.5 Å². The Morgan fingerprint density at radius 1 is 1.03 bits per heavy atom. The maximum Gasteiger partial charge on any atom is 0.331 e. The first kappa shape index (κ1) is 23.8. The highest BCUT2D eigenvalue weighted by Crippen LogP contribution is 2.28. The van der Waals surface area contributed by atoms with Gasteiger partial charge in [-0.1, -0.05) is 23.7 Å². The number of benzene rings is 2. The fourth-order valence-corrected chi connectivity index (χ4v) is 2.65. The number of halogens is 1. The lowest BCUT2D eigenvalue weighted by Crippen LogP contribution is -2.35. The van der Waals surface area contributed by atoms with Gasteiger partial charge in [0.1, 0.15) is 0 Å². The second kappa shape index (κ2) is 11.6. The predicted molar refractivity (Wildman–Crippen MR) is 117 cm³/mol. The Kier molecular flexibility index (Phi) is 8.90. The third-order valence-electron chi connectivity index (χ3n) is 4.15. The molecule has 0 saturated heterocycles. The van der Waals surface area contributed by atoms with Gasteiger partial charge in [-0.15, -0.1) is 0 Å². The van der Waals surface area contributed by atoms with E-state index in [9.17, 15) is 14.4 Å². The van der Waals surface area contributed by atoms with Crippen LogP contribution in [0.4, 0.5) is 5.69 Å². The number of hydrogen-bond acceptors (Lipinski definition) is 6. The molecule has 8 nitrogen and oxygen atoms in total. The zero-order valence-electron chi connectivity index (χ0n) is 17.4. The number of amides is 2. The van der Waals surface area contributed by atoms with Gasteiger partial charge in [-0.2, -0.15) is 0 Å². The summed E-state index contributed by atoms with van der Waals surface area (Å²) in [5.41, 5.74) is 1.96. The zero-order chi connectivity index (χ0) is 22.8. The molecule has 0 heterocycles. The predicted octanol–water partition coefficient (Wildman–Crippen LogP) is 2.98. The van der Waals surface area contributed by atoms with E-state index in [1.54, 1.807) is 43.3 Å². The highest BCUT2D eigenvalue weighted by molar-refractivity contribution is 6.31. The number of nitrogens with one attached hydrogen (secondary N) is 2. The minimum Gasteiger partial charge on any atom is -0.493 e. The lowest BCUT2D eigenvalue weighted by atomic mass is 10.2. The largest absolute Gasteiger partial charge is 0.493 e. The highest BCUT2D eigenvalue weighted by atomic mass is 35.5. The number of methoxy groups -OCH3 is 2. The van der Waals surface area contributed by atoms with Gasteiger partial charge in [0.05, 0.1) is 20.8 Å². The highest BCUT2D eigenvalue weighted by Gasteiger charge is 2.10. The van der Waals surface area contributed by atoms with Crippen LogP contribution in [0.15, 0.2) is 42.5 Å². The molecule has 0 aliphatic heterocycles. The van der Waals surface area contributed by atoms with Gasteiger partial charge in [0, 0.05) is 16.8 Å². The number of carbonyl (C=O) groups is 3. The number of hydrogen-bond donors (Lipinski definition) is 2. The van der Waals surface area contributed by atoms with Crippen molar-refractivity contribution < 1.29 is 28.6 Å². The number of rotatable bonds is 9. The molecule has 2 rings (SSSR count). The molecule has 31 heavy (non-hydrogen) atoms. The van der Waals surface area contributed by atoms with E-state index in [2.05, 4.69) is 10.6 Å². The average Bonchev–Trinajstić information content (AvgIpc) is 2.77. The minimum atomic E-state index is -0.705. The van der Waals surface area contributed by atoms with Crippen molar-refractivity contribution in [2.45, 2.75) is 6.92 Å². The first-order valence-electron chi connectivity index (χ1n) is 9.22. The molecule has 0 unspecified atom stereocenters. The van der Waals surface area contributed by atoms with Crippen LogP contribution in [0.2, 0.25) is 5.02 Å². The first-order valence-corrected chi connectivity index (χ1v) is 9.60. The molecule has 164 valence electrons. The van der Waals surface area contributed by atoms with Crippen molar-refractivity contribution in [2.75, 3.05) is 32.7 Å². The molecule has 0 radical (unpaired) electrons. The molecule has 2 aromatic rings. The summed E-state index contributed by atoms with van der Waals surface area (Å²) in [5, 5.41) is 5.55. The van der Waals surface area contributed by atoms with E-state index >= 15 is 0 Å². The van der Waals surface area contributed by atoms with Gasteiger partial charge < -0.3 is 24.8 Å². The van der Waals surface area contributed by atoms with Gasteiger partial charge in [-0.3, -0.25) is 9.59 Å². The molecular weight excluding hydrogens is 424 g/mol. The maximum atomic E-state index is 12.0. The van der Waals surface area contributed by atoms with Gasteiger partial charge in [0.25, 0.3) is 5.91 Å². The van der Waals surface area contributed by atoms with Crippen molar-refractivity contribution >= 4 is 41.1 Å². The lowest BCUT2D eigenvalue weighted by Gasteiger charge is -2.10. The van der Waals surface area contributed by atoms with E-state index in [1.165, 1.54) is 26.4 Å². The van der Waals surface area contributed by atoms with E-state index in [0.29, 0.717) is 27.8 Å². The van der Waals surface area contributed by atoms with Crippen molar-refractivity contribution in [1.82, 2.24) is 5.32 Å². The summed E-state index contributed by atoms with van der Waals surface area (Å²) in [6, 6.07) is 10.2. The fraction of sp³-hybridized carbons (Fsp3) is 0.227. The summed E-state index contributed by atoms with van der Waals surface area (Å²) in [7, 11) is 3.03. The summed E-state index contributed by atoms with van der Waals surface area (Å²) in [6.45, 7) is 0.980. The smallest absolute Gasteiger partial charge is 0.331 e. The van der Waals surface area contributed by atoms with E-state index in [-0.39, 0.29) is 6.54 Å². The summed E-state index contributed by atoms with van der Waals surface area (Å²) < 4.78 is 15.2. The molecule has 2 aromatic carbocycles. The third kappa shape index (κ3) is 7.35. The van der Waals surface area contributed by atoms with Crippen LogP contribution in [0.25, 0.3) is 6.08 Å². The SMILES string of the molecule is COc1ccc(/C=C/C(=O)OCC(=O)NCC(=O)Nc2cccc(Cl)c2C)cc1OC. The Balaban J connectivity index is 1.76. The number of anilines is 1.